The van der Waals surface area contributed by atoms with Gasteiger partial charge in [0.25, 0.3) is 5.69 Å². The molecule has 1 aliphatic heterocycles. The summed E-state index contributed by atoms with van der Waals surface area (Å²) < 4.78 is 11.0. The van der Waals surface area contributed by atoms with E-state index in [0.29, 0.717) is 12.0 Å². The monoisotopic (exact) mass is 507 g/mol. The van der Waals surface area contributed by atoms with E-state index < -0.39 is 22.4 Å². The highest BCUT2D eigenvalue weighted by Crippen LogP contribution is 2.44. The first kappa shape index (κ1) is 27.7. The second-order valence-corrected chi connectivity index (χ2v) is 9.26. The summed E-state index contributed by atoms with van der Waals surface area (Å²) in [6.45, 7) is 2.19. The van der Waals surface area contributed by atoms with Crippen molar-refractivity contribution < 1.29 is 24.0 Å². The molecule has 9 nitrogen and oxygen atoms in total. The molecule has 0 spiro atoms. The average molecular weight is 508 g/mol. The van der Waals surface area contributed by atoms with Crippen LogP contribution in [0.1, 0.15) is 82.6 Å². The summed E-state index contributed by atoms with van der Waals surface area (Å²) in [5, 5.41) is 20.8. The van der Waals surface area contributed by atoms with Gasteiger partial charge in [0.1, 0.15) is 11.6 Å². The van der Waals surface area contributed by atoms with Gasteiger partial charge >= 0.3 is 0 Å². The summed E-state index contributed by atoms with van der Waals surface area (Å²) in [6.07, 6.45) is 10.4. The fourth-order valence-electron chi connectivity index (χ4n) is 4.84. The molecule has 1 atom stereocenters. The predicted molar refractivity (Wildman–Crippen MR) is 137 cm³/mol. The van der Waals surface area contributed by atoms with Crippen molar-refractivity contribution in [1.82, 2.24) is 0 Å². The minimum atomic E-state index is -1.01. The molecule has 1 aromatic carbocycles. The SMILES string of the molecule is CCCCCCCCCCCC1=C(OC)C(=O)C2=C(OC(N)=C(C#N)C2c2ccc([N+](=O)[O-])cc2)C1=O. The molecular weight excluding hydrogens is 474 g/mol. The van der Waals surface area contributed by atoms with Gasteiger partial charge in [0.2, 0.25) is 17.4 Å². The van der Waals surface area contributed by atoms with E-state index in [1.165, 1.54) is 63.5 Å². The number of ketones is 2. The number of hydrogen-bond acceptors (Lipinski definition) is 8. The molecule has 2 N–H and O–H groups in total. The number of nitriles is 1. The van der Waals surface area contributed by atoms with Crippen molar-refractivity contribution in [1.29, 1.82) is 5.26 Å². The lowest BCUT2D eigenvalue weighted by molar-refractivity contribution is -0.384. The zero-order chi connectivity index (χ0) is 26.9. The van der Waals surface area contributed by atoms with Gasteiger partial charge in [-0.25, -0.2) is 0 Å². The zero-order valence-electron chi connectivity index (χ0n) is 21.4. The first-order valence-electron chi connectivity index (χ1n) is 12.8. The van der Waals surface area contributed by atoms with E-state index in [-0.39, 0.29) is 39.8 Å². The van der Waals surface area contributed by atoms with Crippen LogP contribution in [0.3, 0.4) is 0 Å². The minimum Gasteiger partial charge on any atom is -0.492 e. The number of benzene rings is 1. The number of nitrogens with zero attached hydrogens (tertiary/aromatic N) is 2. The Morgan fingerprint density at radius 1 is 1.03 bits per heavy atom. The Morgan fingerprint density at radius 2 is 1.62 bits per heavy atom. The number of ether oxygens (including phenoxy) is 2. The molecule has 0 fully saturated rings. The Labute approximate surface area is 216 Å². The summed E-state index contributed by atoms with van der Waals surface area (Å²) in [4.78, 5) is 37.6. The average Bonchev–Trinajstić information content (AvgIpc) is 2.89. The van der Waals surface area contributed by atoms with Gasteiger partial charge in [-0.3, -0.25) is 19.7 Å². The van der Waals surface area contributed by atoms with Crippen molar-refractivity contribution in [2.45, 2.75) is 77.0 Å². The van der Waals surface area contributed by atoms with Crippen LogP contribution in [-0.2, 0) is 19.1 Å². The molecule has 0 saturated heterocycles. The van der Waals surface area contributed by atoms with E-state index >= 15 is 0 Å². The normalized spacial score (nSPS) is 17.5. The van der Waals surface area contributed by atoms with Gasteiger partial charge in [0.15, 0.2) is 11.5 Å². The largest absolute Gasteiger partial charge is 0.492 e. The summed E-state index contributed by atoms with van der Waals surface area (Å²) >= 11 is 0. The molecular formula is C28H33N3O6. The Kier molecular flexibility index (Phi) is 9.61. The molecule has 1 unspecified atom stereocenters. The number of non-ortho nitro benzene ring substituents is 1. The number of nitrogens with two attached hydrogens (primary N) is 1. The maximum Gasteiger partial charge on any atom is 0.269 e. The van der Waals surface area contributed by atoms with E-state index in [0.717, 1.165) is 25.7 Å². The number of Topliss-reactive ketones (excluding diaryl/α,β-unsaturated/α-hetero) is 2. The Balaban J connectivity index is 1.81. The molecule has 37 heavy (non-hydrogen) atoms. The highest BCUT2D eigenvalue weighted by atomic mass is 16.6. The van der Waals surface area contributed by atoms with E-state index in [4.69, 9.17) is 15.2 Å². The van der Waals surface area contributed by atoms with Gasteiger partial charge in [-0.05, 0) is 18.4 Å². The number of allylic oxidation sites excluding steroid dienone is 3. The molecule has 196 valence electrons. The van der Waals surface area contributed by atoms with Crippen LogP contribution < -0.4 is 5.73 Å². The Hall–Kier alpha value is -3.93. The van der Waals surface area contributed by atoms with Crippen molar-refractivity contribution in [3.8, 4) is 6.07 Å². The highest BCUT2D eigenvalue weighted by molar-refractivity contribution is 6.24. The molecule has 0 radical (unpaired) electrons. The molecule has 1 aromatic rings. The fraction of sp³-hybridized carbons (Fsp3) is 0.464. The molecule has 0 amide bonds. The summed E-state index contributed by atoms with van der Waals surface area (Å²) in [5.74, 6) is -2.59. The summed E-state index contributed by atoms with van der Waals surface area (Å²) in [5.41, 5.74) is 6.41. The third kappa shape index (κ3) is 6.08. The van der Waals surface area contributed by atoms with Crippen molar-refractivity contribution in [3.05, 3.63) is 74.1 Å². The molecule has 2 aliphatic rings. The lowest BCUT2D eigenvalue weighted by Gasteiger charge is -2.31. The minimum absolute atomic E-state index is 0.0442. The van der Waals surface area contributed by atoms with Crippen molar-refractivity contribution in [2.75, 3.05) is 7.11 Å². The molecule has 1 heterocycles. The van der Waals surface area contributed by atoms with Crippen LogP contribution in [0.15, 0.2) is 58.4 Å². The maximum absolute atomic E-state index is 13.6. The van der Waals surface area contributed by atoms with Gasteiger partial charge in [0.05, 0.1) is 23.5 Å². The standard InChI is InChI=1S/C28H33N3O6/c1-3-4-5-6-7-8-9-10-11-12-20-24(32)27-23(25(33)26(20)36-2)22(21(17-29)28(30)37-27)18-13-15-19(16-14-18)31(34)35/h13-16,22H,3-12,30H2,1-2H3. The van der Waals surface area contributed by atoms with Crippen LogP contribution in [0.25, 0.3) is 0 Å². The number of rotatable bonds is 13. The number of carbonyl (C=O) groups is 2. The van der Waals surface area contributed by atoms with Gasteiger partial charge < -0.3 is 15.2 Å². The number of carbonyl (C=O) groups excluding carboxylic acids is 2. The molecule has 9 heteroatoms. The van der Waals surface area contributed by atoms with Crippen LogP contribution in [0.5, 0.6) is 0 Å². The quantitative estimate of drug-likeness (QED) is 0.156. The summed E-state index contributed by atoms with van der Waals surface area (Å²) in [7, 11) is 1.34. The maximum atomic E-state index is 13.6. The van der Waals surface area contributed by atoms with E-state index in [9.17, 15) is 25.0 Å². The van der Waals surface area contributed by atoms with Gasteiger partial charge in [-0.2, -0.15) is 5.26 Å². The molecule has 3 rings (SSSR count). The molecule has 1 aliphatic carbocycles. The van der Waals surface area contributed by atoms with Gasteiger partial charge in [0, 0.05) is 17.7 Å². The van der Waals surface area contributed by atoms with Crippen LogP contribution >= 0.6 is 0 Å². The van der Waals surface area contributed by atoms with E-state index in [1.807, 2.05) is 6.07 Å². The van der Waals surface area contributed by atoms with Crippen molar-refractivity contribution in [2.24, 2.45) is 5.73 Å². The van der Waals surface area contributed by atoms with Gasteiger partial charge in [-0.1, -0.05) is 70.4 Å². The highest BCUT2D eigenvalue weighted by Gasteiger charge is 2.45. The predicted octanol–water partition coefficient (Wildman–Crippen LogP) is 5.63. The first-order chi connectivity index (χ1) is 17.8. The number of methoxy groups -OCH3 is 1. The number of nitro benzene ring substituents is 1. The molecule has 0 aromatic heterocycles. The van der Waals surface area contributed by atoms with Crippen LogP contribution in [0, 0.1) is 21.4 Å². The Bertz CT molecular complexity index is 1190. The second kappa shape index (κ2) is 12.9. The first-order valence-corrected chi connectivity index (χ1v) is 12.8. The van der Waals surface area contributed by atoms with Crippen LogP contribution in [-0.4, -0.2) is 23.6 Å². The van der Waals surface area contributed by atoms with E-state index in [2.05, 4.69) is 6.92 Å². The fourth-order valence-corrected chi connectivity index (χ4v) is 4.84. The topological polar surface area (TPSA) is 146 Å². The molecule has 0 saturated carbocycles. The molecule has 0 bridgehead atoms. The third-order valence-electron chi connectivity index (χ3n) is 6.80. The van der Waals surface area contributed by atoms with Gasteiger partial charge in [-0.15, -0.1) is 0 Å². The van der Waals surface area contributed by atoms with E-state index in [1.54, 1.807) is 0 Å². The van der Waals surface area contributed by atoms with Crippen molar-refractivity contribution in [3.63, 3.8) is 0 Å². The Morgan fingerprint density at radius 3 is 2.16 bits per heavy atom. The third-order valence-corrected chi connectivity index (χ3v) is 6.80. The number of hydrogen-bond donors (Lipinski definition) is 1. The second-order valence-electron chi connectivity index (χ2n) is 9.26. The number of nitro groups is 1. The zero-order valence-corrected chi connectivity index (χ0v) is 21.4. The lowest BCUT2D eigenvalue weighted by Crippen LogP contribution is -2.34. The van der Waals surface area contributed by atoms with Crippen LogP contribution in [0.4, 0.5) is 5.69 Å². The van der Waals surface area contributed by atoms with Crippen LogP contribution in [0.2, 0.25) is 0 Å². The van der Waals surface area contributed by atoms with Crippen molar-refractivity contribution >= 4 is 17.3 Å². The lowest BCUT2D eigenvalue weighted by atomic mass is 9.76. The smallest absolute Gasteiger partial charge is 0.269 e. The summed E-state index contributed by atoms with van der Waals surface area (Å²) in [6, 6.07) is 7.39. The number of unbranched alkanes of at least 4 members (excludes halogenated alkanes) is 8.